The molecule has 0 aliphatic carbocycles. The molecular weight excluding hydrogens is 512 g/mol. The fraction of sp³-hybridized carbons (Fsp3) is 0.258. The number of esters is 1. The molecule has 0 spiro atoms. The summed E-state index contributed by atoms with van der Waals surface area (Å²) in [7, 11) is 3.21. The molecule has 0 N–H and O–H groups in total. The topological polar surface area (TPSA) is 102 Å². The minimum absolute atomic E-state index is 0.0383. The van der Waals surface area contributed by atoms with Gasteiger partial charge in [0.15, 0.2) is 11.5 Å². The Hall–Kier alpha value is -4.79. The molecule has 4 aromatic rings. The Morgan fingerprint density at radius 2 is 1.68 bits per heavy atom. The van der Waals surface area contributed by atoms with Gasteiger partial charge in [0.1, 0.15) is 12.4 Å². The molecule has 0 saturated heterocycles. The smallest absolute Gasteiger partial charge is 0.340 e. The van der Waals surface area contributed by atoms with Gasteiger partial charge in [0, 0.05) is 35.5 Å². The van der Waals surface area contributed by atoms with Crippen molar-refractivity contribution in [3.8, 4) is 39.6 Å². The van der Waals surface area contributed by atoms with Crippen LogP contribution in [0.15, 0.2) is 60.7 Å². The van der Waals surface area contributed by atoms with E-state index >= 15 is 0 Å². The van der Waals surface area contributed by atoms with Gasteiger partial charge >= 0.3 is 5.97 Å². The van der Waals surface area contributed by atoms with Crippen LogP contribution < -0.4 is 14.2 Å². The van der Waals surface area contributed by atoms with Crippen LogP contribution >= 0.6 is 0 Å². The maximum atomic E-state index is 13.4. The van der Waals surface area contributed by atoms with Gasteiger partial charge in [-0.15, -0.1) is 0 Å². The first-order valence-electron chi connectivity index (χ1n) is 13.0. The second-order valence-corrected chi connectivity index (χ2v) is 9.41. The molecule has 0 unspecified atom stereocenters. The summed E-state index contributed by atoms with van der Waals surface area (Å²) in [6.07, 6.45) is 0.787. The van der Waals surface area contributed by atoms with Crippen LogP contribution in [0.2, 0.25) is 0 Å². The number of rotatable bonds is 9. The minimum Gasteiger partial charge on any atom is -0.493 e. The van der Waals surface area contributed by atoms with Crippen molar-refractivity contribution in [2.75, 3.05) is 20.8 Å². The normalized spacial score (nSPS) is 11.8. The van der Waals surface area contributed by atoms with Gasteiger partial charge in [0.05, 0.1) is 37.0 Å². The number of carbonyl (C=O) groups is 1. The van der Waals surface area contributed by atoms with Gasteiger partial charge in [0.2, 0.25) is 0 Å². The van der Waals surface area contributed by atoms with Gasteiger partial charge in [-0.05, 0) is 73.4 Å². The van der Waals surface area contributed by atoms with Crippen LogP contribution in [0, 0.1) is 17.0 Å². The van der Waals surface area contributed by atoms with Crippen molar-refractivity contribution in [3.63, 3.8) is 0 Å². The number of methoxy groups -OCH3 is 2. The molecule has 206 valence electrons. The number of ether oxygens (including phenoxy) is 4. The summed E-state index contributed by atoms with van der Waals surface area (Å²) >= 11 is 0. The van der Waals surface area contributed by atoms with Gasteiger partial charge in [-0.3, -0.25) is 10.1 Å². The molecule has 40 heavy (non-hydrogen) atoms. The zero-order valence-corrected chi connectivity index (χ0v) is 22.9. The molecule has 0 radical (unpaired) electrons. The Morgan fingerprint density at radius 1 is 1.00 bits per heavy atom. The third kappa shape index (κ3) is 4.86. The molecule has 0 atom stereocenters. The monoisotopic (exact) mass is 542 g/mol. The Morgan fingerprint density at radius 3 is 2.30 bits per heavy atom. The van der Waals surface area contributed by atoms with Gasteiger partial charge in [-0.1, -0.05) is 12.1 Å². The molecule has 3 aromatic carbocycles. The van der Waals surface area contributed by atoms with Crippen LogP contribution in [0.1, 0.15) is 34.1 Å². The maximum Gasteiger partial charge on any atom is 0.340 e. The number of non-ortho nitro benzene ring substituents is 1. The number of nitrogens with zero attached hydrogens (tertiary/aromatic N) is 2. The first kappa shape index (κ1) is 26.8. The predicted octanol–water partition coefficient (Wildman–Crippen LogP) is 6.37. The molecule has 1 aromatic heterocycles. The standard InChI is InChI=1S/C31H30N2O7/c1-5-39-31(34)29-28(19(2)32-15-14-22-16-26(37-3)27(38-4)17-25(22)30(29)32)21-8-12-24(13-9-21)40-18-20-6-10-23(11-7-20)33(35)36/h6-13,16-17H,5,14-15,18H2,1-4H3. The molecule has 0 amide bonds. The Labute approximate surface area is 232 Å². The largest absolute Gasteiger partial charge is 0.493 e. The maximum absolute atomic E-state index is 13.4. The third-order valence-corrected chi connectivity index (χ3v) is 7.17. The summed E-state index contributed by atoms with van der Waals surface area (Å²) in [6, 6.07) is 17.7. The second kappa shape index (κ2) is 11.1. The fourth-order valence-corrected chi connectivity index (χ4v) is 5.23. The van der Waals surface area contributed by atoms with Crippen LogP contribution in [0.5, 0.6) is 17.2 Å². The molecule has 0 saturated carbocycles. The first-order chi connectivity index (χ1) is 19.4. The van der Waals surface area contributed by atoms with Crippen molar-refractivity contribution >= 4 is 11.7 Å². The Balaban J connectivity index is 1.51. The molecule has 9 heteroatoms. The van der Waals surface area contributed by atoms with Gasteiger partial charge in [-0.25, -0.2) is 4.79 Å². The number of hydrogen-bond acceptors (Lipinski definition) is 7. The van der Waals surface area contributed by atoms with E-state index in [0.717, 1.165) is 45.6 Å². The summed E-state index contributed by atoms with van der Waals surface area (Å²) in [4.78, 5) is 23.9. The highest BCUT2D eigenvalue weighted by Gasteiger charge is 2.32. The lowest BCUT2D eigenvalue weighted by molar-refractivity contribution is -0.384. The van der Waals surface area contributed by atoms with E-state index < -0.39 is 4.92 Å². The highest BCUT2D eigenvalue weighted by atomic mass is 16.6. The number of nitro benzene ring substituents is 1. The summed E-state index contributed by atoms with van der Waals surface area (Å²) < 4.78 is 24.7. The van der Waals surface area contributed by atoms with E-state index in [-0.39, 0.29) is 24.9 Å². The van der Waals surface area contributed by atoms with E-state index in [1.165, 1.54) is 12.1 Å². The highest BCUT2D eigenvalue weighted by molar-refractivity contribution is 6.05. The van der Waals surface area contributed by atoms with Crippen LogP contribution in [0.3, 0.4) is 0 Å². The Kier molecular flexibility index (Phi) is 7.46. The molecular formula is C31H30N2O7. The fourth-order valence-electron chi connectivity index (χ4n) is 5.23. The predicted molar refractivity (Wildman–Crippen MR) is 150 cm³/mol. The van der Waals surface area contributed by atoms with Crippen molar-refractivity contribution in [2.24, 2.45) is 0 Å². The number of hydrogen-bond donors (Lipinski definition) is 0. The lowest BCUT2D eigenvalue weighted by Crippen LogP contribution is -2.15. The summed E-state index contributed by atoms with van der Waals surface area (Å²) in [6.45, 7) is 5.06. The molecule has 9 nitrogen and oxygen atoms in total. The van der Waals surface area contributed by atoms with Crippen molar-refractivity contribution < 1.29 is 28.7 Å². The number of aryl methyl sites for hydroxylation is 1. The number of benzene rings is 3. The number of fused-ring (bicyclic) bond motifs is 3. The molecule has 0 bridgehead atoms. The van der Waals surface area contributed by atoms with E-state index in [0.29, 0.717) is 29.4 Å². The van der Waals surface area contributed by atoms with Crippen LogP contribution in [-0.4, -0.2) is 36.3 Å². The van der Waals surface area contributed by atoms with Crippen LogP contribution in [0.4, 0.5) is 5.69 Å². The van der Waals surface area contributed by atoms with E-state index in [1.54, 1.807) is 33.3 Å². The molecule has 5 rings (SSSR count). The van der Waals surface area contributed by atoms with E-state index in [2.05, 4.69) is 4.57 Å². The molecule has 2 heterocycles. The van der Waals surface area contributed by atoms with Gasteiger partial charge in [-0.2, -0.15) is 0 Å². The Bertz CT molecular complexity index is 1570. The van der Waals surface area contributed by atoms with E-state index in [9.17, 15) is 14.9 Å². The van der Waals surface area contributed by atoms with Crippen LogP contribution in [0.25, 0.3) is 22.4 Å². The summed E-state index contributed by atoms with van der Waals surface area (Å²) in [5, 5.41) is 10.9. The zero-order chi connectivity index (χ0) is 28.4. The van der Waals surface area contributed by atoms with Crippen molar-refractivity contribution in [2.45, 2.75) is 33.4 Å². The quantitative estimate of drug-likeness (QED) is 0.138. The van der Waals surface area contributed by atoms with Crippen molar-refractivity contribution in [1.29, 1.82) is 0 Å². The summed E-state index contributed by atoms with van der Waals surface area (Å²) in [5.41, 5.74) is 6.85. The van der Waals surface area contributed by atoms with Gasteiger partial charge in [0.25, 0.3) is 5.69 Å². The van der Waals surface area contributed by atoms with Crippen molar-refractivity contribution in [1.82, 2.24) is 4.57 Å². The van der Waals surface area contributed by atoms with E-state index in [1.807, 2.05) is 43.3 Å². The molecule has 1 aliphatic rings. The summed E-state index contributed by atoms with van der Waals surface area (Å²) in [5.74, 6) is 1.51. The SMILES string of the molecule is CCOC(=O)c1c(-c2ccc(OCc3ccc([N+](=O)[O-])cc3)cc2)c(C)n2c1-c1cc(OC)c(OC)cc1CC2. The van der Waals surface area contributed by atoms with E-state index in [4.69, 9.17) is 18.9 Å². The average Bonchev–Trinajstić information content (AvgIpc) is 3.28. The molecule has 0 fully saturated rings. The lowest BCUT2D eigenvalue weighted by Gasteiger charge is -2.23. The van der Waals surface area contributed by atoms with Crippen LogP contribution in [-0.2, 0) is 24.3 Å². The third-order valence-electron chi connectivity index (χ3n) is 7.17. The molecule has 1 aliphatic heterocycles. The lowest BCUT2D eigenvalue weighted by atomic mass is 9.93. The van der Waals surface area contributed by atoms with Crippen molar-refractivity contribution in [3.05, 3.63) is 93.2 Å². The highest BCUT2D eigenvalue weighted by Crippen LogP contribution is 2.45. The second-order valence-electron chi connectivity index (χ2n) is 9.41. The first-order valence-corrected chi connectivity index (χ1v) is 13.0. The zero-order valence-electron chi connectivity index (χ0n) is 22.9. The van der Waals surface area contributed by atoms with Gasteiger partial charge < -0.3 is 23.5 Å². The number of carbonyl (C=O) groups excluding carboxylic acids is 1. The number of aromatic nitrogens is 1. The average molecular weight is 543 g/mol. The minimum atomic E-state index is -0.429. The number of nitro groups is 1.